The summed E-state index contributed by atoms with van der Waals surface area (Å²) in [4.78, 5) is 11.3. The third kappa shape index (κ3) is 2.13. The second-order valence-electron chi connectivity index (χ2n) is 4.73. The molecule has 0 unspecified atom stereocenters. The van der Waals surface area contributed by atoms with Crippen molar-refractivity contribution in [2.75, 3.05) is 19.6 Å². The summed E-state index contributed by atoms with van der Waals surface area (Å²) in [6, 6.07) is 0. The largest absolute Gasteiger partial charge is 0.315 e. The van der Waals surface area contributed by atoms with Crippen LogP contribution in [0.5, 0.6) is 0 Å². The molecule has 0 saturated carbocycles. The third-order valence-electron chi connectivity index (χ3n) is 3.41. The molecular formula is C12H15N5S. The highest BCUT2D eigenvalue weighted by Crippen LogP contribution is 2.20. The minimum atomic E-state index is 0.0788. The number of hydrogen-bond acceptors (Lipinski definition) is 4. The van der Waals surface area contributed by atoms with Crippen LogP contribution in [-0.4, -0.2) is 47.5 Å². The summed E-state index contributed by atoms with van der Waals surface area (Å²) in [5.74, 6) is 0.672. The highest BCUT2D eigenvalue weighted by Gasteiger charge is 2.27. The lowest BCUT2D eigenvalue weighted by Gasteiger charge is -2.27. The van der Waals surface area contributed by atoms with Crippen molar-refractivity contribution in [2.45, 2.75) is 19.3 Å². The van der Waals surface area contributed by atoms with Crippen LogP contribution in [0.3, 0.4) is 0 Å². The molecule has 3 aliphatic rings. The standard InChI is InChI=1S/C12H15N5S/c13-12-15-10-9(11(18)16-12)8(6-14-10)7-17-4-2-1-3-5-17/h6H,1-5,7H2,(H2,13,16,18). The molecular weight excluding hydrogens is 246 g/mol. The van der Waals surface area contributed by atoms with Crippen molar-refractivity contribution in [1.29, 1.82) is 5.41 Å². The average molecular weight is 261 g/mol. The van der Waals surface area contributed by atoms with Crippen molar-refractivity contribution in [3.8, 4) is 0 Å². The Labute approximate surface area is 111 Å². The summed E-state index contributed by atoms with van der Waals surface area (Å²) in [5.41, 5.74) is 2.03. The molecule has 1 fully saturated rings. The average Bonchev–Trinajstić information content (AvgIpc) is 2.73. The van der Waals surface area contributed by atoms with Gasteiger partial charge in [0.1, 0.15) is 4.99 Å². The fourth-order valence-electron chi connectivity index (χ4n) is 2.53. The molecule has 3 aliphatic heterocycles. The molecule has 0 aliphatic carbocycles. The zero-order valence-corrected chi connectivity index (χ0v) is 10.9. The summed E-state index contributed by atoms with van der Waals surface area (Å²) in [6.07, 6.45) is 5.72. The summed E-state index contributed by atoms with van der Waals surface area (Å²) in [7, 11) is 0. The Morgan fingerprint density at radius 1 is 1.33 bits per heavy atom. The van der Waals surface area contributed by atoms with Crippen molar-refractivity contribution < 1.29 is 0 Å². The summed E-state index contributed by atoms with van der Waals surface area (Å²) < 4.78 is 0. The molecule has 3 heterocycles. The van der Waals surface area contributed by atoms with Gasteiger partial charge in [0, 0.05) is 12.8 Å². The lowest BCUT2D eigenvalue weighted by molar-refractivity contribution is 0.249. The van der Waals surface area contributed by atoms with Crippen LogP contribution < -0.4 is 5.32 Å². The van der Waals surface area contributed by atoms with E-state index in [0.717, 1.165) is 30.8 Å². The molecule has 0 atom stereocenters. The Balaban J connectivity index is 1.83. The fourth-order valence-corrected chi connectivity index (χ4v) is 2.85. The first-order valence-corrected chi connectivity index (χ1v) is 6.63. The van der Waals surface area contributed by atoms with Crippen LogP contribution >= 0.6 is 12.2 Å². The minimum Gasteiger partial charge on any atom is -0.315 e. The zero-order valence-electron chi connectivity index (χ0n) is 10.1. The Kier molecular flexibility index (Phi) is 3.05. The van der Waals surface area contributed by atoms with Crippen molar-refractivity contribution in [3.63, 3.8) is 0 Å². The van der Waals surface area contributed by atoms with Gasteiger partial charge < -0.3 is 5.32 Å². The number of thiocarbonyl (C=S) groups is 1. The predicted molar refractivity (Wildman–Crippen MR) is 76.7 cm³/mol. The molecule has 3 rings (SSSR count). The van der Waals surface area contributed by atoms with E-state index in [4.69, 9.17) is 17.6 Å². The van der Waals surface area contributed by atoms with Crippen molar-refractivity contribution in [2.24, 2.45) is 9.98 Å². The van der Waals surface area contributed by atoms with Gasteiger partial charge in [-0.15, -0.1) is 0 Å². The molecule has 94 valence electrons. The van der Waals surface area contributed by atoms with Crippen LogP contribution in [0.2, 0.25) is 0 Å². The lowest BCUT2D eigenvalue weighted by atomic mass is 10.1. The van der Waals surface area contributed by atoms with Gasteiger partial charge >= 0.3 is 0 Å². The van der Waals surface area contributed by atoms with Crippen LogP contribution in [0.25, 0.3) is 0 Å². The molecule has 1 saturated heterocycles. The number of likely N-dealkylation sites (tertiary alicyclic amines) is 1. The summed E-state index contributed by atoms with van der Waals surface area (Å²) >= 11 is 5.28. The van der Waals surface area contributed by atoms with Crippen LogP contribution in [0.4, 0.5) is 0 Å². The van der Waals surface area contributed by atoms with E-state index in [0.29, 0.717) is 10.8 Å². The second kappa shape index (κ2) is 4.70. The van der Waals surface area contributed by atoms with Crippen molar-refractivity contribution in [1.82, 2.24) is 10.2 Å². The van der Waals surface area contributed by atoms with Crippen LogP contribution in [0.15, 0.2) is 21.1 Å². The highest BCUT2D eigenvalue weighted by atomic mass is 32.1. The van der Waals surface area contributed by atoms with Gasteiger partial charge in [-0.1, -0.05) is 18.6 Å². The van der Waals surface area contributed by atoms with Crippen molar-refractivity contribution in [3.05, 3.63) is 11.1 Å². The van der Waals surface area contributed by atoms with Crippen molar-refractivity contribution >= 4 is 35.2 Å². The number of amidine groups is 1. The van der Waals surface area contributed by atoms with Crippen LogP contribution in [-0.2, 0) is 0 Å². The topological polar surface area (TPSA) is 63.8 Å². The quantitative estimate of drug-likeness (QED) is 0.732. The number of nitrogens with one attached hydrogen (secondary N) is 2. The lowest BCUT2D eigenvalue weighted by Crippen LogP contribution is -2.37. The van der Waals surface area contributed by atoms with Gasteiger partial charge in [-0.3, -0.25) is 10.3 Å². The summed E-state index contributed by atoms with van der Waals surface area (Å²) in [5, 5.41) is 10.3. The third-order valence-corrected chi connectivity index (χ3v) is 3.71. The maximum Gasteiger partial charge on any atom is 0.222 e. The second-order valence-corrected chi connectivity index (χ2v) is 5.14. The SMILES string of the molecule is N=C1N=C2N=CC(CN3CCCCC3)=C2C(=S)N1. The van der Waals surface area contributed by atoms with Gasteiger partial charge in [0.25, 0.3) is 0 Å². The van der Waals surface area contributed by atoms with E-state index in [-0.39, 0.29) is 5.96 Å². The van der Waals surface area contributed by atoms with Gasteiger partial charge in [-0.25, -0.2) is 4.99 Å². The molecule has 2 N–H and O–H groups in total. The first-order chi connectivity index (χ1) is 8.74. The molecule has 0 bridgehead atoms. The first kappa shape index (κ1) is 11.7. The maximum atomic E-state index is 7.50. The molecule has 0 radical (unpaired) electrons. The number of guanidine groups is 1. The molecule has 0 spiro atoms. The first-order valence-electron chi connectivity index (χ1n) is 6.22. The Morgan fingerprint density at radius 2 is 2.11 bits per heavy atom. The minimum absolute atomic E-state index is 0.0788. The molecule has 0 amide bonds. The van der Waals surface area contributed by atoms with Gasteiger partial charge in [0.15, 0.2) is 5.84 Å². The maximum absolute atomic E-state index is 7.50. The Morgan fingerprint density at radius 3 is 2.89 bits per heavy atom. The van der Waals surface area contributed by atoms with E-state index in [1.54, 1.807) is 0 Å². The zero-order chi connectivity index (χ0) is 12.5. The number of hydrogen-bond donors (Lipinski definition) is 2. The molecule has 18 heavy (non-hydrogen) atoms. The van der Waals surface area contributed by atoms with Crippen LogP contribution in [0.1, 0.15) is 19.3 Å². The fraction of sp³-hybridized carbons (Fsp3) is 0.500. The number of fused-ring (bicyclic) bond motifs is 1. The molecule has 5 nitrogen and oxygen atoms in total. The van der Waals surface area contributed by atoms with E-state index in [9.17, 15) is 0 Å². The number of piperidine rings is 1. The number of aliphatic imine (C=N–C) groups is 2. The molecule has 0 aromatic heterocycles. The van der Waals surface area contributed by atoms with Gasteiger partial charge in [0.2, 0.25) is 5.96 Å². The van der Waals surface area contributed by atoms with E-state index in [1.165, 1.54) is 19.3 Å². The number of nitrogens with zero attached hydrogens (tertiary/aromatic N) is 3. The highest BCUT2D eigenvalue weighted by molar-refractivity contribution is 7.81. The Hall–Kier alpha value is -1.40. The van der Waals surface area contributed by atoms with E-state index >= 15 is 0 Å². The van der Waals surface area contributed by atoms with Crippen LogP contribution in [0, 0.1) is 5.41 Å². The molecule has 0 aromatic rings. The van der Waals surface area contributed by atoms with Gasteiger partial charge in [-0.2, -0.15) is 4.99 Å². The Bertz CT molecular complexity index is 497. The van der Waals surface area contributed by atoms with E-state index in [2.05, 4.69) is 20.2 Å². The number of rotatable bonds is 2. The monoisotopic (exact) mass is 261 g/mol. The van der Waals surface area contributed by atoms with E-state index < -0.39 is 0 Å². The van der Waals surface area contributed by atoms with Gasteiger partial charge in [0.05, 0.1) is 5.57 Å². The summed E-state index contributed by atoms with van der Waals surface area (Å²) in [6.45, 7) is 3.17. The smallest absolute Gasteiger partial charge is 0.222 e. The van der Waals surface area contributed by atoms with Gasteiger partial charge in [-0.05, 0) is 31.5 Å². The predicted octanol–water partition coefficient (Wildman–Crippen LogP) is 1.12. The molecule has 6 heteroatoms. The normalized spacial score (nSPS) is 24.1. The van der Waals surface area contributed by atoms with E-state index in [1.807, 2.05) is 6.21 Å². The molecule has 0 aromatic carbocycles.